The van der Waals surface area contributed by atoms with Gasteiger partial charge in [-0.05, 0) is 41.2 Å². The van der Waals surface area contributed by atoms with Crippen molar-refractivity contribution in [3.63, 3.8) is 0 Å². The second-order valence-electron chi connectivity index (χ2n) is 9.97. The molecule has 7 nitrogen and oxygen atoms in total. The summed E-state index contributed by atoms with van der Waals surface area (Å²) in [5.74, 6) is 0.960. The Balaban J connectivity index is 1.42. The maximum absolute atomic E-state index is 12.6. The summed E-state index contributed by atoms with van der Waals surface area (Å²) in [6.07, 6.45) is 1.65. The van der Waals surface area contributed by atoms with Crippen molar-refractivity contribution in [1.29, 1.82) is 0 Å². The number of nitrogens with zero attached hydrogens (tertiary/aromatic N) is 5. The van der Waals surface area contributed by atoms with Gasteiger partial charge in [-0.3, -0.25) is 4.79 Å². The van der Waals surface area contributed by atoms with Gasteiger partial charge in [-0.25, -0.2) is 9.36 Å². The first kappa shape index (κ1) is 24.0. The summed E-state index contributed by atoms with van der Waals surface area (Å²) in [5, 5.41) is 5.08. The highest BCUT2D eigenvalue weighted by atomic mass is 32.1. The van der Waals surface area contributed by atoms with Crippen molar-refractivity contribution in [2.75, 3.05) is 61.9 Å². The van der Waals surface area contributed by atoms with Crippen LogP contribution in [0.4, 0.5) is 17.2 Å². The summed E-state index contributed by atoms with van der Waals surface area (Å²) >= 11 is 1.32. The Bertz CT molecular complexity index is 1100. The average molecular weight is 479 g/mol. The van der Waals surface area contributed by atoms with Crippen molar-refractivity contribution in [1.82, 2.24) is 14.3 Å². The molecular weight excluding hydrogens is 444 g/mol. The van der Waals surface area contributed by atoms with Crippen LogP contribution < -0.4 is 15.1 Å². The number of nitrogens with one attached hydrogen (secondary N) is 1. The molecule has 8 heteroatoms. The van der Waals surface area contributed by atoms with Crippen LogP contribution in [0.5, 0.6) is 0 Å². The number of rotatable bonds is 6. The topological polar surface area (TPSA) is 64.6 Å². The van der Waals surface area contributed by atoms with Crippen LogP contribution in [0.15, 0.2) is 48.0 Å². The van der Waals surface area contributed by atoms with Gasteiger partial charge in [0, 0.05) is 63.5 Å². The minimum Gasteiger partial charge on any atom is -0.371 e. The van der Waals surface area contributed by atoms with Gasteiger partial charge in [-0.15, -0.1) is 0 Å². The molecule has 0 atom stereocenters. The molecule has 1 aliphatic heterocycles. The predicted molar refractivity (Wildman–Crippen MR) is 142 cm³/mol. The highest BCUT2D eigenvalue weighted by Crippen LogP contribution is 2.30. The van der Waals surface area contributed by atoms with E-state index >= 15 is 0 Å². The lowest BCUT2D eigenvalue weighted by Crippen LogP contribution is -2.48. The number of amides is 1. The lowest BCUT2D eigenvalue weighted by molar-refractivity contribution is 0.0747. The normalized spacial score (nSPS) is 14.3. The van der Waals surface area contributed by atoms with Gasteiger partial charge in [-0.2, -0.15) is 0 Å². The second-order valence-corrected chi connectivity index (χ2v) is 10.6. The third-order valence-corrected chi connectivity index (χ3v) is 6.59. The number of hydrogen-bond acceptors (Lipinski definition) is 7. The van der Waals surface area contributed by atoms with Crippen molar-refractivity contribution in [3.05, 3.63) is 53.5 Å². The van der Waals surface area contributed by atoms with E-state index in [2.05, 4.69) is 83.7 Å². The fraction of sp³-hybridized carbons (Fsp3) is 0.423. The Hall–Kier alpha value is -3.13. The zero-order valence-electron chi connectivity index (χ0n) is 20.7. The zero-order chi connectivity index (χ0) is 24.3. The Labute approximate surface area is 206 Å². The fourth-order valence-corrected chi connectivity index (χ4v) is 4.92. The fourth-order valence-electron chi connectivity index (χ4n) is 4.41. The molecular formula is C26H34N6OS. The van der Waals surface area contributed by atoms with Gasteiger partial charge < -0.3 is 20.0 Å². The molecule has 0 radical (unpaired) electrons. The largest absolute Gasteiger partial charge is 0.371 e. The SMILES string of the molecule is CNc1nc(-c2ccc(N3CCN(C(=O)c4cnsc4)CC3)cc2)ccc1N(C)CC(C)(C)C. The van der Waals surface area contributed by atoms with E-state index in [-0.39, 0.29) is 11.3 Å². The van der Waals surface area contributed by atoms with Crippen molar-refractivity contribution < 1.29 is 4.79 Å². The molecule has 3 heterocycles. The Morgan fingerprint density at radius 2 is 1.79 bits per heavy atom. The van der Waals surface area contributed by atoms with E-state index < -0.39 is 0 Å². The molecule has 2 aromatic heterocycles. The molecule has 0 saturated carbocycles. The number of aromatic nitrogens is 2. The maximum atomic E-state index is 12.6. The van der Waals surface area contributed by atoms with E-state index in [1.807, 2.05) is 17.3 Å². The van der Waals surface area contributed by atoms with Gasteiger partial charge in [0.15, 0.2) is 0 Å². The van der Waals surface area contributed by atoms with E-state index in [0.717, 1.165) is 42.4 Å². The summed E-state index contributed by atoms with van der Waals surface area (Å²) in [4.78, 5) is 23.9. The summed E-state index contributed by atoms with van der Waals surface area (Å²) < 4.78 is 4.04. The summed E-state index contributed by atoms with van der Waals surface area (Å²) in [6.45, 7) is 10.7. The first-order chi connectivity index (χ1) is 16.2. The van der Waals surface area contributed by atoms with E-state index in [4.69, 9.17) is 4.98 Å². The second kappa shape index (κ2) is 10.0. The van der Waals surface area contributed by atoms with E-state index in [0.29, 0.717) is 18.7 Å². The van der Waals surface area contributed by atoms with Gasteiger partial charge >= 0.3 is 0 Å². The minimum atomic E-state index is 0.0757. The molecule has 0 aliphatic carbocycles. The van der Waals surface area contributed by atoms with Gasteiger partial charge in [0.2, 0.25) is 0 Å². The zero-order valence-corrected chi connectivity index (χ0v) is 21.5. The Morgan fingerprint density at radius 3 is 2.38 bits per heavy atom. The lowest BCUT2D eigenvalue weighted by atomic mass is 9.96. The molecule has 0 unspecified atom stereocenters. The van der Waals surface area contributed by atoms with Crippen LogP contribution in [0.25, 0.3) is 11.3 Å². The van der Waals surface area contributed by atoms with Gasteiger partial charge in [0.1, 0.15) is 5.82 Å². The summed E-state index contributed by atoms with van der Waals surface area (Å²) in [6, 6.07) is 12.8. The number of carbonyl (C=O) groups excluding carboxylic acids is 1. The Morgan fingerprint density at radius 1 is 1.09 bits per heavy atom. The molecule has 1 aliphatic rings. The summed E-state index contributed by atoms with van der Waals surface area (Å²) in [5.41, 5.74) is 5.19. The van der Waals surface area contributed by atoms with Gasteiger partial charge in [0.25, 0.3) is 5.91 Å². The molecule has 180 valence electrons. The average Bonchev–Trinajstić information content (AvgIpc) is 3.37. The molecule has 1 fully saturated rings. The molecule has 1 aromatic carbocycles. The molecule has 1 amide bonds. The monoisotopic (exact) mass is 478 g/mol. The van der Waals surface area contributed by atoms with E-state index in [9.17, 15) is 4.79 Å². The highest BCUT2D eigenvalue weighted by molar-refractivity contribution is 7.03. The van der Waals surface area contributed by atoms with Crippen LogP contribution in [-0.4, -0.2) is 67.0 Å². The standard InChI is InChI=1S/C26H34N6OS/c1-26(2,3)18-30(5)23-11-10-22(29-24(23)27-4)19-6-8-21(9-7-19)31-12-14-32(15-13-31)25(33)20-16-28-34-17-20/h6-11,16-17H,12-15,18H2,1-5H3,(H,27,29). The van der Waals surface area contributed by atoms with Crippen molar-refractivity contribution in [3.8, 4) is 11.3 Å². The molecule has 0 spiro atoms. The highest BCUT2D eigenvalue weighted by Gasteiger charge is 2.23. The van der Waals surface area contributed by atoms with E-state index in [1.165, 1.54) is 17.2 Å². The molecule has 0 bridgehead atoms. The third kappa shape index (κ3) is 5.50. The first-order valence-electron chi connectivity index (χ1n) is 11.7. The number of benzene rings is 1. The van der Waals surface area contributed by atoms with Gasteiger partial charge in [-0.1, -0.05) is 32.9 Å². The number of anilines is 3. The molecule has 4 rings (SSSR count). The minimum absolute atomic E-state index is 0.0757. The quantitative estimate of drug-likeness (QED) is 0.554. The number of pyridine rings is 1. The molecule has 3 aromatic rings. The van der Waals surface area contributed by atoms with Crippen LogP contribution in [0.2, 0.25) is 0 Å². The van der Waals surface area contributed by atoms with Crippen molar-refractivity contribution in [2.24, 2.45) is 5.41 Å². The van der Waals surface area contributed by atoms with Gasteiger partial charge in [0.05, 0.1) is 23.1 Å². The lowest BCUT2D eigenvalue weighted by Gasteiger charge is -2.36. The van der Waals surface area contributed by atoms with E-state index in [1.54, 1.807) is 6.20 Å². The maximum Gasteiger partial charge on any atom is 0.256 e. The van der Waals surface area contributed by atoms with Crippen LogP contribution >= 0.6 is 11.5 Å². The van der Waals surface area contributed by atoms with Crippen LogP contribution in [0.1, 0.15) is 31.1 Å². The van der Waals surface area contributed by atoms with Crippen LogP contribution in [-0.2, 0) is 0 Å². The molecule has 34 heavy (non-hydrogen) atoms. The first-order valence-corrected chi connectivity index (χ1v) is 12.5. The van der Waals surface area contributed by atoms with Crippen molar-refractivity contribution in [2.45, 2.75) is 20.8 Å². The number of piperazine rings is 1. The van der Waals surface area contributed by atoms with Crippen LogP contribution in [0.3, 0.4) is 0 Å². The van der Waals surface area contributed by atoms with Crippen molar-refractivity contribution >= 4 is 34.6 Å². The molecule has 1 N–H and O–H groups in total. The smallest absolute Gasteiger partial charge is 0.256 e. The Kier molecular flexibility index (Phi) is 7.07. The number of carbonyl (C=O) groups is 1. The predicted octanol–water partition coefficient (Wildman–Crippen LogP) is 4.69. The summed E-state index contributed by atoms with van der Waals surface area (Å²) in [7, 11) is 4.03. The molecule has 1 saturated heterocycles. The van der Waals surface area contributed by atoms with Crippen LogP contribution in [0, 0.1) is 5.41 Å². The number of hydrogen-bond donors (Lipinski definition) is 1. The third-order valence-electron chi connectivity index (χ3n) is 6.01.